The van der Waals surface area contributed by atoms with E-state index in [1.165, 1.54) is 43.5 Å². The lowest BCUT2D eigenvalue weighted by molar-refractivity contribution is 0.462. The maximum absolute atomic E-state index is 11.6. The third kappa shape index (κ3) is 6.35. The topological polar surface area (TPSA) is 83.8 Å². The average Bonchev–Trinajstić information content (AvgIpc) is 2.59. The fourth-order valence-electron chi connectivity index (χ4n) is 2.81. The number of phenols is 1. The second-order valence-corrected chi connectivity index (χ2v) is 7.75. The average molecular weight is 378 g/mol. The predicted octanol–water partition coefficient (Wildman–Crippen LogP) is 5.33. The second kappa shape index (κ2) is 9.59. The number of ether oxygens (including phenoxy) is 1. The van der Waals surface area contributed by atoms with Crippen LogP contribution in [0.4, 0.5) is 0 Å². The molecule has 0 atom stereocenters. The minimum atomic E-state index is -4.27. The number of hydrogen-bond acceptors (Lipinski definition) is 4. The summed E-state index contributed by atoms with van der Waals surface area (Å²) in [7, 11) is -4.27. The molecule has 142 valence electrons. The second-order valence-electron chi connectivity index (χ2n) is 6.36. The van der Waals surface area contributed by atoms with Gasteiger partial charge in [0.15, 0.2) is 0 Å². The first-order valence-electron chi connectivity index (χ1n) is 8.97. The standard InChI is InChI=1S/C20H26O5S/c1-2-3-4-5-6-7-8-16-15-19(13-14-20(16)26(22,23)24)25-18-11-9-17(21)10-12-18/h9-15,21H,2-8H2,1H3,(H,22,23,24). The highest BCUT2D eigenvalue weighted by atomic mass is 32.2. The minimum Gasteiger partial charge on any atom is -0.508 e. The van der Waals surface area contributed by atoms with E-state index < -0.39 is 10.1 Å². The largest absolute Gasteiger partial charge is 0.508 e. The van der Waals surface area contributed by atoms with Crippen LogP contribution in [0.15, 0.2) is 47.4 Å². The summed E-state index contributed by atoms with van der Waals surface area (Å²) in [5.74, 6) is 1.17. The molecule has 2 rings (SSSR count). The van der Waals surface area contributed by atoms with Crippen LogP contribution in [-0.2, 0) is 16.5 Å². The molecule has 2 N–H and O–H groups in total. The Labute approximate surface area is 155 Å². The molecule has 0 aliphatic rings. The van der Waals surface area contributed by atoms with E-state index in [9.17, 15) is 18.1 Å². The van der Waals surface area contributed by atoms with Gasteiger partial charge in [0, 0.05) is 0 Å². The molecule has 0 bridgehead atoms. The summed E-state index contributed by atoms with van der Waals surface area (Å²) in [4.78, 5) is -0.0656. The molecule has 0 unspecified atom stereocenters. The van der Waals surface area contributed by atoms with Crippen LogP contribution >= 0.6 is 0 Å². The molecule has 0 saturated heterocycles. The third-order valence-electron chi connectivity index (χ3n) is 4.18. The van der Waals surface area contributed by atoms with Gasteiger partial charge < -0.3 is 9.84 Å². The smallest absolute Gasteiger partial charge is 0.294 e. The number of benzene rings is 2. The number of phenolic OH excluding ortho intramolecular Hbond substituents is 1. The maximum atomic E-state index is 11.6. The predicted molar refractivity (Wildman–Crippen MR) is 102 cm³/mol. The van der Waals surface area contributed by atoms with E-state index in [1.807, 2.05) is 0 Å². The van der Waals surface area contributed by atoms with Gasteiger partial charge in [-0.25, -0.2) is 0 Å². The molecule has 0 saturated carbocycles. The molecule has 0 spiro atoms. The zero-order chi connectivity index (χ0) is 19.0. The van der Waals surface area contributed by atoms with Gasteiger partial charge in [0.2, 0.25) is 0 Å². The van der Waals surface area contributed by atoms with Crippen molar-refractivity contribution >= 4 is 10.1 Å². The van der Waals surface area contributed by atoms with Crippen LogP contribution in [0.5, 0.6) is 17.2 Å². The summed E-state index contributed by atoms with van der Waals surface area (Å²) in [6.07, 6.45) is 7.15. The molecule has 0 fully saturated rings. The lowest BCUT2D eigenvalue weighted by Gasteiger charge is -2.11. The summed E-state index contributed by atoms with van der Waals surface area (Å²) >= 11 is 0. The van der Waals surface area contributed by atoms with Gasteiger partial charge in [0.05, 0.1) is 4.90 Å². The minimum absolute atomic E-state index is 0.0656. The summed E-state index contributed by atoms with van der Waals surface area (Å²) in [5.41, 5.74) is 0.555. The summed E-state index contributed by atoms with van der Waals surface area (Å²) < 4.78 is 38.4. The van der Waals surface area contributed by atoms with Crippen molar-refractivity contribution in [3.63, 3.8) is 0 Å². The summed E-state index contributed by atoms with van der Waals surface area (Å²) in [6, 6.07) is 10.8. The molecule has 0 amide bonds. The molecule has 2 aromatic carbocycles. The van der Waals surface area contributed by atoms with Gasteiger partial charge in [-0.1, -0.05) is 39.0 Å². The first-order valence-corrected chi connectivity index (χ1v) is 10.4. The Morgan fingerprint density at radius 3 is 2.15 bits per heavy atom. The van der Waals surface area contributed by atoms with Crippen LogP contribution in [0.2, 0.25) is 0 Å². The Bertz CT molecular complexity index is 797. The molecule has 2 aromatic rings. The van der Waals surface area contributed by atoms with E-state index in [4.69, 9.17) is 4.74 Å². The van der Waals surface area contributed by atoms with Crippen molar-refractivity contribution in [1.29, 1.82) is 0 Å². The Morgan fingerprint density at radius 1 is 0.885 bits per heavy atom. The quantitative estimate of drug-likeness (QED) is 0.431. The molecular formula is C20H26O5S. The fourth-order valence-corrected chi connectivity index (χ4v) is 3.54. The third-order valence-corrected chi connectivity index (χ3v) is 5.14. The number of unbranched alkanes of at least 4 members (excludes halogenated alkanes) is 5. The fraction of sp³-hybridized carbons (Fsp3) is 0.400. The Balaban J connectivity index is 2.10. The lowest BCUT2D eigenvalue weighted by Crippen LogP contribution is -2.04. The number of aryl methyl sites for hydroxylation is 1. The molecule has 5 nitrogen and oxygen atoms in total. The van der Waals surface area contributed by atoms with Crippen molar-refractivity contribution in [1.82, 2.24) is 0 Å². The molecule has 0 aliphatic carbocycles. The van der Waals surface area contributed by atoms with Gasteiger partial charge in [-0.2, -0.15) is 8.42 Å². The van der Waals surface area contributed by atoms with E-state index in [0.717, 1.165) is 19.3 Å². The Hall–Kier alpha value is -2.05. The summed E-state index contributed by atoms with van der Waals surface area (Å²) in [6.45, 7) is 2.16. The number of rotatable bonds is 10. The first kappa shape index (κ1) is 20.3. The van der Waals surface area contributed by atoms with Crippen molar-refractivity contribution in [2.45, 2.75) is 56.8 Å². The van der Waals surface area contributed by atoms with Crippen LogP contribution in [0.3, 0.4) is 0 Å². The molecule has 0 radical (unpaired) electrons. The SMILES string of the molecule is CCCCCCCCc1cc(Oc2ccc(O)cc2)ccc1S(=O)(=O)O. The van der Waals surface area contributed by atoms with E-state index in [0.29, 0.717) is 23.5 Å². The molecule has 26 heavy (non-hydrogen) atoms. The van der Waals surface area contributed by atoms with Crippen LogP contribution in [-0.4, -0.2) is 18.1 Å². The van der Waals surface area contributed by atoms with Crippen LogP contribution in [0, 0.1) is 0 Å². The highest BCUT2D eigenvalue weighted by molar-refractivity contribution is 7.85. The highest BCUT2D eigenvalue weighted by Gasteiger charge is 2.16. The van der Waals surface area contributed by atoms with Gasteiger partial charge in [-0.15, -0.1) is 0 Å². The van der Waals surface area contributed by atoms with Crippen LogP contribution in [0.1, 0.15) is 51.0 Å². The van der Waals surface area contributed by atoms with Gasteiger partial charge in [0.1, 0.15) is 17.2 Å². The van der Waals surface area contributed by atoms with Crippen molar-refractivity contribution in [3.8, 4) is 17.2 Å². The molecule has 0 heterocycles. The van der Waals surface area contributed by atoms with Crippen molar-refractivity contribution < 1.29 is 22.8 Å². The molecular weight excluding hydrogens is 352 g/mol. The Morgan fingerprint density at radius 2 is 1.50 bits per heavy atom. The molecule has 6 heteroatoms. The van der Waals surface area contributed by atoms with Gasteiger partial charge >= 0.3 is 0 Å². The molecule has 0 aromatic heterocycles. The van der Waals surface area contributed by atoms with E-state index in [-0.39, 0.29) is 10.6 Å². The van der Waals surface area contributed by atoms with Gasteiger partial charge in [-0.3, -0.25) is 4.55 Å². The van der Waals surface area contributed by atoms with E-state index in [2.05, 4.69) is 6.92 Å². The van der Waals surface area contributed by atoms with Gasteiger partial charge in [-0.05, 0) is 60.9 Å². The normalized spacial score (nSPS) is 11.5. The summed E-state index contributed by atoms with van der Waals surface area (Å²) in [5, 5.41) is 9.32. The Kier molecular flexibility index (Phi) is 7.48. The zero-order valence-corrected chi connectivity index (χ0v) is 15.8. The van der Waals surface area contributed by atoms with Gasteiger partial charge in [0.25, 0.3) is 10.1 Å². The van der Waals surface area contributed by atoms with Crippen LogP contribution in [0.25, 0.3) is 0 Å². The van der Waals surface area contributed by atoms with E-state index >= 15 is 0 Å². The van der Waals surface area contributed by atoms with Crippen LogP contribution < -0.4 is 4.74 Å². The van der Waals surface area contributed by atoms with Crippen molar-refractivity contribution in [3.05, 3.63) is 48.0 Å². The molecule has 0 aliphatic heterocycles. The number of hydrogen-bond donors (Lipinski definition) is 2. The lowest BCUT2D eigenvalue weighted by atomic mass is 10.0. The zero-order valence-electron chi connectivity index (χ0n) is 15.0. The van der Waals surface area contributed by atoms with Crippen molar-refractivity contribution in [2.24, 2.45) is 0 Å². The number of aromatic hydroxyl groups is 1. The van der Waals surface area contributed by atoms with Crippen molar-refractivity contribution in [2.75, 3.05) is 0 Å². The monoisotopic (exact) mass is 378 g/mol. The van der Waals surface area contributed by atoms with E-state index in [1.54, 1.807) is 18.2 Å². The maximum Gasteiger partial charge on any atom is 0.294 e. The first-order chi connectivity index (χ1) is 12.4. The highest BCUT2D eigenvalue weighted by Crippen LogP contribution is 2.28.